The van der Waals surface area contributed by atoms with Crippen molar-refractivity contribution in [2.45, 2.75) is 33.1 Å². The van der Waals surface area contributed by atoms with Gasteiger partial charge in [-0.05, 0) is 56.6 Å². The summed E-state index contributed by atoms with van der Waals surface area (Å²) in [5.74, 6) is 0.898. The molecular formula is C46H36IrN4S-2. The van der Waals surface area contributed by atoms with Crippen molar-refractivity contribution in [3.05, 3.63) is 169 Å². The number of aryl methyl sites for hydroxylation is 1. The fourth-order valence-corrected chi connectivity index (χ4v) is 7.89. The van der Waals surface area contributed by atoms with E-state index in [1.54, 1.807) is 6.20 Å². The summed E-state index contributed by atoms with van der Waals surface area (Å²) in [6.45, 7) is 8.84. The van der Waals surface area contributed by atoms with Gasteiger partial charge in [-0.15, -0.1) is 53.6 Å². The molecule has 6 heteroatoms. The van der Waals surface area contributed by atoms with Crippen LogP contribution in [-0.4, -0.2) is 19.5 Å². The number of thiophene rings is 1. The third-order valence-electron chi connectivity index (χ3n) is 9.12. The van der Waals surface area contributed by atoms with Crippen LogP contribution in [0.5, 0.6) is 0 Å². The van der Waals surface area contributed by atoms with Gasteiger partial charge in [0.05, 0.1) is 23.1 Å². The Labute approximate surface area is 322 Å². The van der Waals surface area contributed by atoms with Gasteiger partial charge in [0.1, 0.15) is 0 Å². The zero-order valence-electron chi connectivity index (χ0n) is 29.4. The third kappa shape index (κ3) is 6.73. The summed E-state index contributed by atoms with van der Waals surface area (Å²) in [7, 11) is 0. The van der Waals surface area contributed by atoms with Crippen LogP contribution < -0.4 is 0 Å². The van der Waals surface area contributed by atoms with E-state index in [1.807, 2.05) is 72.3 Å². The summed E-state index contributed by atoms with van der Waals surface area (Å²) in [4.78, 5) is 14.2. The summed E-state index contributed by atoms with van der Waals surface area (Å²) in [5, 5.41) is 2.56. The van der Waals surface area contributed by atoms with E-state index in [-0.39, 0.29) is 25.5 Å². The van der Waals surface area contributed by atoms with E-state index >= 15 is 0 Å². The van der Waals surface area contributed by atoms with E-state index in [9.17, 15) is 0 Å². The van der Waals surface area contributed by atoms with Crippen molar-refractivity contribution in [2.24, 2.45) is 0 Å². The predicted molar refractivity (Wildman–Crippen MR) is 213 cm³/mol. The minimum atomic E-state index is -0.0859. The topological polar surface area (TPSA) is 43.6 Å². The van der Waals surface area contributed by atoms with E-state index in [0.29, 0.717) is 0 Å². The summed E-state index contributed by atoms with van der Waals surface area (Å²) in [5.41, 5.74) is 10.9. The second kappa shape index (κ2) is 14.8. The van der Waals surface area contributed by atoms with Crippen LogP contribution >= 0.6 is 11.3 Å². The van der Waals surface area contributed by atoms with E-state index in [4.69, 9.17) is 4.98 Å². The van der Waals surface area contributed by atoms with Crippen LogP contribution in [-0.2, 0) is 25.5 Å². The van der Waals surface area contributed by atoms with Crippen LogP contribution in [0.1, 0.15) is 31.9 Å². The number of para-hydroxylation sites is 1. The van der Waals surface area contributed by atoms with Gasteiger partial charge in [0.25, 0.3) is 0 Å². The molecule has 5 aromatic carbocycles. The van der Waals surface area contributed by atoms with Crippen LogP contribution in [0.15, 0.2) is 146 Å². The number of hydrogen-bond donors (Lipinski definition) is 0. The number of nitrogens with zero attached hydrogens (tertiary/aromatic N) is 4. The van der Waals surface area contributed by atoms with E-state index in [1.165, 1.54) is 36.9 Å². The van der Waals surface area contributed by atoms with Crippen LogP contribution in [0.2, 0.25) is 0 Å². The van der Waals surface area contributed by atoms with Crippen LogP contribution in [0, 0.1) is 19.1 Å². The fourth-order valence-electron chi connectivity index (χ4n) is 6.58. The molecule has 4 aromatic heterocycles. The first-order chi connectivity index (χ1) is 24.9. The Hall–Kier alpha value is -5.26. The van der Waals surface area contributed by atoms with Crippen molar-refractivity contribution in [3.8, 4) is 39.5 Å². The molecule has 0 fully saturated rings. The molecule has 257 valence electrons. The first-order valence-corrected chi connectivity index (χ1v) is 17.9. The van der Waals surface area contributed by atoms with Gasteiger partial charge in [0, 0.05) is 48.4 Å². The molecule has 52 heavy (non-hydrogen) atoms. The van der Waals surface area contributed by atoms with Crippen molar-refractivity contribution in [1.82, 2.24) is 19.5 Å². The Morgan fingerprint density at radius 2 is 1.50 bits per heavy atom. The van der Waals surface area contributed by atoms with Gasteiger partial charge in [-0.3, -0.25) is 9.97 Å². The quantitative estimate of drug-likeness (QED) is 0.166. The maximum absolute atomic E-state index is 5.34. The van der Waals surface area contributed by atoms with Gasteiger partial charge in [0.2, 0.25) is 0 Å². The number of benzene rings is 5. The molecule has 9 rings (SSSR count). The van der Waals surface area contributed by atoms with Crippen molar-refractivity contribution in [3.63, 3.8) is 0 Å². The average Bonchev–Trinajstić information content (AvgIpc) is 3.76. The molecule has 1 radical (unpaired) electrons. The third-order valence-corrected chi connectivity index (χ3v) is 10.3. The molecular weight excluding hydrogens is 833 g/mol. The first kappa shape index (κ1) is 35.2. The molecule has 0 amide bonds. The number of aromatic nitrogens is 4. The molecule has 0 saturated heterocycles. The largest absolute Gasteiger partial charge is 0.332 e. The van der Waals surface area contributed by atoms with Gasteiger partial charge in [-0.2, -0.15) is 11.3 Å². The predicted octanol–water partition coefficient (Wildman–Crippen LogP) is 12.1. The molecule has 4 heterocycles. The molecule has 9 aromatic rings. The van der Waals surface area contributed by atoms with Gasteiger partial charge in [-0.1, -0.05) is 111 Å². The molecule has 0 aliphatic heterocycles. The Morgan fingerprint density at radius 3 is 2.21 bits per heavy atom. The van der Waals surface area contributed by atoms with Crippen molar-refractivity contribution >= 4 is 42.5 Å². The molecule has 0 atom stereocenters. The number of imidazole rings is 1. The monoisotopic (exact) mass is 869 g/mol. The summed E-state index contributed by atoms with van der Waals surface area (Å²) < 4.78 is 4.74. The molecule has 4 nitrogen and oxygen atoms in total. The molecule has 0 unspecified atom stereocenters. The molecule has 0 aliphatic rings. The number of rotatable bonds is 4. The summed E-state index contributed by atoms with van der Waals surface area (Å²) >= 11 is 1.83. The molecule has 0 spiro atoms. The van der Waals surface area contributed by atoms with E-state index < -0.39 is 0 Å². The average molecular weight is 869 g/mol. The Kier molecular flexibility index (Phi) is 9.98. The molecule has 0 bridgehead atoms. The van der Waals surface area contributed by atoms with Gasteiger partial charge < -0.3 is 9.55 Å². The number of hydrogen-bond acceptors (Lipinski definition) is 4. The maximum Gasteiger partial charge on any atom is 0.0843 e. The van der Waals surface area contributed by atoms with Crippen LogP contribution in [0.25, 0.3) is 70.7 Å². The second-order valence-corrected chi connectivity index (χ2v) is 14.7. The van der Waals surface area contributed by atoms with Gasteiger partial charge >= 0.3 is 0 Å². The van der Waals surface area contributed by atoms with Gasteiger partial charge in [0.15, 0.2) is 0 Å². The molecule has 0 aliphatic carbocycles. The minimum absolute atomic E-state index is 0. The second-order valence-electron chi connectivity index (χ2n) is 13.6. The van der Waals surface area contributed by atoms with Crippen LogP contribution in [0.3, 0.4) is 0 Å². The van der Waals surface area contributed by atoms with Gasteiger partial charge in [-0.25, -0.2) is 0 Å². The maximum atomic E-state index is 5.34. The zero-order valence-corrected chi connectivity index (χ0v) is 32.6. The normalized spacial score (nSPS) is 11.3. The number of pyridine rings is 2. The molecule has 0 saturated carbocycles. The van der Waals surface area contributed by atoms with E-state index in [2.05, 4.69) is 133 Å². The van der Waals surface area contributed by atoms with Crippen molar-refractivity contribution in [2.75, 3.05) is 0 Å². The zero-order chi connectivity index (χ0) is 35.0. The smallest absolute Gasteiger partial charge is 0.0843 e. The Morgan fingerprint density at radius 1 is 0.750 bits per heavy atom. The minimum Gasteiger partial charge on any atom is -0.332 e. The fraction of sp³-hybridized carbons (Fsp3) is 0.109. The van der Waals surface area contributed by atoms with Crippen molar-refractivity contribution in [1.29, 1.82) is 0 Å². The number of fused-ring (bicyclic) bond motifs is 4. The van der Waals surface area contributed by atoms with Crippen molar-refractivity contribution < 1.29 is 20.1 Å². The van der Waals surface area contributed by atoms with E-state index in [0.717, 1.165) is 44.9 Å². The van der Waals surface area contributed by atoms with Crippen LogP contribution in [0.4, 0.5) is 0 Å². The summed E-state index contributed by atoms with van der Waals surface area (Å²) in [6, 6.07) is 50.5. The first-order valence-electron chi connectivity index (χ1n) is 17.1. The Bertz CT molecular complexity index is 2570. The SMILES string of the molecule is Cc1c[c-]c(-c2nc3c(C(C)(C)C)cncc3n2-c2ccccc2)c2sc3cc(-c4ccccc4)ccc3c12.[Ir].[c-]1ccccc1-c1ccccn1. The summed E-state index contributed by atoms with van der Waals surface area (Å²) in [6.07, 6.45) is 5.69. The molecule has 0 N–H and O–H groups in total. The Balaban J connectivity index is 0.000000275. The standard InChI is InChI=1S/C35H28N3S.C11H8N.Ir/c1-22-15-17-27(33-31(22)26-18-16-24(19-30(26)39-33)23-11-7-5-8-12-23)34-37-32-28(35(2,3)4)20-36-21-29(32)38(34)25-13-9-6-10-14-25;1-2-6-10(7-3-1)11-8-4-5-9-12-11;/h5-16,18-21H,1-4H3;1-6,8-9H;/q2*-1;.